The van der Waals surface area contributed by atoms with Crippen molar-refractivity contribution in [1.82, 2.24) is 0 Å². The number of rotatable bonds is 5. The lowest BCUT2D eigenvalue weighted by Gasteiger charge is -2.09. The molecule has 0 bridgehead atoms. The molecular weight excluding hydrogens is 284 g/mol. The standard InChI is InChI=1S/C16H18N2O2S/c1-11(2)16(20)18-14-5-3-13(4-6-14)17-15(19)9-12-7-8-21-10-12/h3-8,10-11H,9H2,1-2H3,(H,17,19)(H,18,20). The maximum Gasteiger partial charge on any atom is 0.228 e. The first-order valence-corrected chi connectivity index (χ1v) is 7.70. The molecule has 110 valence electrons. The average Bonchev–Trinajstić information content (AvgIpc) is 2.93. The van der Waals surface area contributed by atoms with E-state index < -0.39 is 0 Å². The lowest BCUT2D eigenvalue weighted by Crippen LogP contribution is -2.18. The molecular formula is C16H18N2O2S. The van der Waals surface area contributed by atoms with Gasteiger partial charge in [-0.25, -0.2) is 0 Å². The van der Waals surface area contributed by atoms with Crippen molar-refractivity contribution < 1.29 is 9.59 Å². The fourth-order valence-corrected chi connectivity index (χ4v) is 2.38. The second kappa shape index (κ2) is 7.04. The van der Waals surface area contributed by atoms with E-state index in [0.717, 1.165) is 16.9 Å². The summed E-state index contributed by atoms with van der Waals surface area (Å²) >= 11 is 1.58. The molecule has 4 nitrogen and oxygen atoms in total. The molecule has 1 aromatic carbocycles. The van der Waals surface area contributed by atoms with Crippen LogP contribution in [0.5, 0.6) is 0 Å². The second-order valence-corrected chi connectivity index (χ2v) is 5.86. The number of hydrogen-bond donors (Lipinski definition) is 2. The smallest absolute Gasteiger partial charge is 0.228 e. The van der Waals surface area contributed by atoms with Crippen molar-refractivity contribution in [3.63, 3.8) is 0 Å². The van der Waals surface area contributed by atoms with Crippen LogP contribution in [0.1, 0.15) is 19.4 Å². The molecule has 0 saturated heterocycles. The van der Waals surface area contributed by atoms with Gasteiger partial charge in [0.1, 0.15) is 0 Å². The van der Waals surface area contributed by atoms with E-state index in [0.29, 0.717) is 6.42 Å². The first-order chi connectivity index (χ1) is 10.0. The van der Waals surface area contributed by atoms with Gasteiger partial charge in [-0.1, -0.05) is 13.8 Å². The summed E-state index contributed by atoms with van der Waals surface area (Å²) in [5.41, 5.74) is 2.46. The third-order valence-corrected chi connectivity index (χ3v) is 3.64. The summed E-state index contributed by atoms with van der Waals surface area (Å²) in [4.78, 5) is 23.4. The Morgan fingerprint density at radius 3 is 2.19 bits per heavy atom. The van der Waals surface area contributed by atoms with Gasteiger partial charge >= 0.3 is 0 Å². The molecule has 1 aromatic heterocycles. The zero-order chi connectivity index (χ0) is 15.2. The van der Waals surface area contributed by atoms with Crippen molar-refractivity contribution in [3.8, 4) is 0 Å². The minimum Gasteiger partial charge on any atom is -0.326 e. The van der Waals surface area contributed by atoms with E-state index in [1.165, 1.54) is 0 Å². The van der Waals surface area contributed by atoms with E-state index in [-0.39, 0.29) is 17.7 Å². The van der Waals surface area contributed by atoms with Gasteiger partial charge in [0, 0.05) is 17.3 Å². The highest BCUT2D eigenvalue weighted by atomic mass is 32.1. The van der Waals surface area contributed by atoms with E-state index in [4.69, 9.17) is 0 Å². The number of nitrogens with one attached hydrogen (secondary N) is 2. The molecule has 0 aliphatic carbocycles. The van der Waals surface area contributed by atoms with Crippen molar-refractivity contribution in [3.05, 3.63) is 46.7 Å². The topological polar surface area (TPSA) is 58.2 Å². The van der Waals surface area contributed by atoms with Crippen LogP contribution in [0.25, 0.3) is 0 Å². The zero-order valence-corrected chi connectivity index (χ0v) is 12.9. The van der Waals surface area contributed by atoms with Gasteiger partial charge in [-0.3, -0.25) is 9.59 Å². The van der Waals surface area contributed by atoms with Gasteiger partial charge in [-0.05, 0) is 46.7 Å². The average molecular weight is 302 g/mol. The first kappa shape index (κ1) is 15.3. The van der Waals surface area contributed by atoms with Crippen molar-refractivity contribution in [2.75, 3.05) is 10.6 Å². The summed E-state index contributed by atoms with van der Waals surface area (Å²) in [6.45, 7) is 3.68. The summed E-state index contributed by atoms with van der Waals surface area (Å²) in [6.07, 6.45) is 0.370. The molecule has 0 spiro atoms. The van der Waals surface area contributed by atoms with Gasteiger partial charge in [0.05, 0.1) is 6.42 Å². The van der Waals surface area contributed by atoms with Crippen LogP contribution in [0, 0.1) is 5.92 Å². The van der Waals surface area contributed by atoms with E-state index in [1.54, 1.807) is 35.6 Å². The third-order valence-electron chi connectivity index (χ3n) is 2.91. The Morgan fingerprint density at radius 2 is 1.67 bits per heavy atom. The summed E-state index contributed by atoms with van der Waals surface area (Å²) in [7, 11) is 0. The van der Waals surface area contributed by atoms with Crippen molar-refractivity contribution in [2.24, 2.45) is 5.92 Å². The van der Waals surface area contributed by atoms with Crippen LogP contribution in [0.3, 0.4) is 0 Å². The van der Waals surface area contributed by atoms with Crippen molar-refractivity contribution in [1.29, 1.82) is 0 Å². The van der Waals surface area contributed by atoms with Crippen molar-refractivity contribution in [2.45, 2.75) is 20.3 Å². The highest BCUT2D eigenvalue weighted by Gasteiger charge is 2.07. The number of benzene rings is 1. The minimum atomic E-state index is -0.0602. The van der Waals surface area contributed by atoms with E-state index in [2.05, 4.69) is 10.6 Å². The van der Waals surface area contributed by atoms with Crippen LogP contribution in [-0.2, 0) is 16.0 Å². The van der Waals surface area contributed by atoms with Crippen LogP contribution >= 0.6 is 11.3 Å². The van der Waals surface area contributed by atoms with E-state index >= 15 is 0 Å². The molecule has 0 radical (unpaired) electrons. The largest absolute Gasteiger partial charge is 0.326 e. The van der Waals surface area contributed by atoms with Gasteiger partial charge in [0.15, 0.2) is 0 Å². The molecule has 5 heteroatoms. The highest BCUT2D eigenvalue weighted by molar-refractivity contribution is 7.08. The fraction of sp³-hybridized carbons (Fsp3) is 0.250. The molecule has 2 rings (SSSR count). The molecule has 21 heavy (non-hydrogen) atoms. The normalized spacial score (nSPS) is 10.4. The molecule has 0 atom stereocenters. The molecule has 2 amide bonds. The lowest BCUT2D eigenvalue weighted by molar-refractivity contribution is -0.119. The number of hydrogen-bond acceptors (Lipinski definition) is 3. The Kier molecular flexibility index (Phi) is 5.11. The number of amides is 2. The predicted molar refractivity (Wildman–Crippen MR) is 86.6 cm³/mol. The minimum absolute atomic E-state index is 0.0238. The van der Waals surface area contributed by atoms with Gasteiger partial charge in [0.2, 0.25) is 11.8 Å². The zero-order valence-electron chi connectivity index (χ0n) is 12.1. The number of carbonyl (C=O) groups excluding carboxylic acids is 2. The Morgan fingerprint density at radius 1 is 1.05 bits per heavy atom. The second-order valence-electron chi connectivity index (χ2n) is 5.08. The van der Waals surface area contributed by atoms with Crippen LogP contribution in [-0.4, -0.2) is 11.8 Å². The van der Waals surface area contributed by atoms with Gasteiger partial charge in [-0.2, -0.15) is 11.3 Å². The Labute approximate surface area is 128 Å². The summed E-state index contributed by atoms with van der Waals surface area (Å²) in [5.74, 6) is -0.133. The molecule has 2 N–H and O–H groups in total. The number of anilines is 2. The molecule has 1 heterocycles. The van der Waals surface area contributed by atoms with Gasteiger partial charge < -0.3 is 10.6 Å². The first-order valence-electron chi connectivity index (χ1n) is 6.76. The molecule has 0 aliphatic rings. The van der Waals surface area contributed by atoms with Gasteiger partial charge in [0.25, 0.3) is 0 Å². The highest BCUT2D eigenvalue weighted by Crippen LogP contribution is 2.15. The Bertz CT molecular complexity index is 604. The van der Waals surface area contributed by atoms with Crippen LogP contribution in [0.15, 0.2) is 41.1 Å². The van der Waals surface area contributed by atoms with Crippen LogP contribution in [0.4, 0.5) is 11.4 Å². The van der Waals surface area contributed by atoms with E-state index in [1.807, 2.05) is 30.7 Å². The van der Waals surface area contributed by atoms with E-state index in [9.17, 15) is 9.59 Å². The van der Waals surface area contributed by atoms with Gasteiger partial charge in [-0.15, -0.1) is 0 Å². The fourth-order valence-electron chi connectivity index (χ4n) is 1.71. The molecule has 0 fully saturated rings. The SMILES string of the molecule is CC(C)C(=O)Nc1ccc(NC(=O)Cc2ccsc2)cc1. The molecule has 0 aliphatic heterocycles. The quantitative estimate of drug-likeness (QED) is 0.887. The summed E-state index contributed by atoms with van der Waals surface area (Å²) in [6, 6.07) is 9.05. The maximum atomic E-state index is 11.9. The number of carbonyl (C=O) groups is 2. The molecule has 0 saturated carbocycles. The molecule has 2 aromatic rings. The monoisotopic (exact) mass is 302 g/mol. The molecule has 0 unspecified atom stereocenters. The lowest BCUT2D eigenvalue weighted by atomic mass is 10.2. The Balaban J connectivity index is 1.90. The van der Waals surface area contributed by atoms with Crippen molar-refractivity contribution >= 4 is 34.5 Å². The number of thiophene rings is 1. The summed E-state index contributed by atoms with van der Waals surface area (Å²) in [5, 5.41) is 9.56. The summed E-state index contributed by atoms with van der Waals surface area (Å²) < 4.78 is 0. The predicted octanol–water partition coefficient (Wildman–Crippen LogP) is 3.52. The van der Waals surface area contributed by atoms with Crippen LogP contribution in [0.2, 0.25) is 0 Å². The maximum absolute atomic E-state index is 11.9. The van der Waals surface area contributed by atoms with Crippen LogP contribution < -0.4 is 10.6 Å². The third kappa shape index (κ3) is 4.72. The Hall–Kier alpha value is -2.14.